The van der Waals surface area contributed by atoms with Crippen LogP contribution in [0.2, 0.25) is 0 Å². The molecule has 0 unspecified atom stereocenters. The van der Waals surface area contributed by atoms with Crippen molar-refractivity contribution in [3.63, 3.8) is 0 Å². The van der Waals surface area contributed by atoms with Gasteiger partial charge in [-0.1, -0.05) is 12.1 Å². The van der Waals surface area contributed by atoms with Gasteiger partial charge in [0, 0.05) is 24.0 Å². The van der Waals surface area contributed by atoms with Gasteiger partial charge in [-0.15, -0.1) is 21.5 Å². The molecule has 0 saturated heterocycles. The van der Waals surface area contributed by atoms with Gasteiger partial charge in [0.25, 0.3) is 0 Å². The summed E-state index contributed by atoms with van der Waals surface area (Å²) in [4.78, 5) is 5.93. The second-order valence-corrected chi connectivity index (χ2v) is 6.93. The molecule has 4 rings (SSSR count). The molecular weight excluding hydrogens is 360 g/mol. The summed E-state index contributed by atoms with van der Waals surface area (Å²) in [5, 5.41) is 17.2. The van der Waals surface area contributed by atoms with E-state index in [9.17, 15) is 0 Å². The van der Waals surface area contributed by atoms with Crippen molar-refractivity contribution in [1.82, 2.24) is 25.2 Å². The Balaban J connectivity index is 1.42. The third-order valence-corrected chi connectivity index (χ3v) is 4.89. The minimum atomic E-state index is 0.436. The first-order chi connectivity index (χ1) is 13.4. The van der Waals surface area contributed by atoms with Gasteiger partial charge >= 0.3 is 0 Å². The van der Waals surface area contributed by atoms with Crippen LogP contribution >= 0.6 is 11.3 Å². The molecule has 0 amide bonds. The van der Waals surface area contributed by atoms with Crippen molar-refractivity contribution in [3.8, 4) is 0 Å². The molecule has 0 atom stereocenters. The average Bonchev–Trinajstić information content (AvgIpc) is 3.46. The minimum Gasteiger partial charge on any atom is -0.469 e. The first kappa shape index (κ1) is 17.3. The zero-order valence-electron chi connectivity index (χ0n) is 14.7. The predicted molar refractivity (Wildman–Crippen MR) is 106 cm³/mol. The van der Waals surface area contributed by atoms with Gasteiger partial charge in [0.15, 0.2) is 17.4 Å². The number of rotatable bonds is 7. The van der Waals surface area contributed by atoms with Crippen LogP contribution in [0.25, 0.3) is 5.65 Å². The molecule has 0 aromatic carbocycles. The zero-order chi connectivity index (χ0) is 18.3. The molecule has 0 saturated carbocycles. The molecule has 0 aliphatic rings. The van der Waals surface area contributed by atoms with Crippen LogP contribution in [0.4, 0.5) is 0 Å². The minimum absolute atomic E-state index is 0.436. The first-order valence-electron chi connectivity index (χ1n) is 8.74. The second kappa shape index (κ2) is 8.50. The summed E-state index contributed by atoms with van der Waals surface area (Å²) < 4.78 is 7.33. The number of aliphatic imine (C=N–C) groups is 1. The van der Waals surface area contributed by atoms with Gasteiger partial charge in [-0.25, -0.2) is 4.99 Å². The van der Waals surface area contributed by atoms with Crippen molar-refractivity contribution < 1.29 is 4.42 Å². The Bertz CT molecular complexity index is 991. The summed E-state index contributed by atoms with van der Waals surface area (Å²) in [6.45, 7) is 1.89. The van der Waals surface area contributed by atoms with E-state index in [-0.39, 0.29) is 0 Å². The summed E-state index contributed by atoms with van der Waals surface area (Å²) in [7, 11) is 0. The zero-order valence-corrected chi connectivity index (χ0v) is 15.5. The van der Waals surface area contributed by atoms with E-state index in [0.717, 1.165) is 42.7 Å². The van der Waals surface area contributed by atoms with Crippen LogP contribution in [0, 0.1) is 0 Å². The standard InChI is InChI=1S/C19H20N6OS/c1-2-10-25-17(7-1)23-24-18(25)14-22-19(21-13-16-6-4-12-27-16)20-9-8-15-5-3-11-26-15/h1-7,10-12H,8-9,13-14H2,(H2,20,21,22). The molecule has 27 heavy (non-hydrogen) atoms. The fourth-order valence-corrected chi connectivity index (χ4v) is 3.31. The summed E-state index contributed by atoms with van der Waals surface area (Å²) in [6.07, 6.45) is 4.43. The van der Waals surface area contributed by atoms with Crippen LogP contribution in [0.3, 0.4) is 0 Å². The van der Waals surface area contributed by atoms with E-state index >= 15 is 0 Å². The van der Waals surface area contributed by atoms with Crippen molar-refractivity contribution in [2.24, 2.45) is 4.99 Å². The summed E-state index contributed by atoms with van der Waals surface area (Å²) in [5.74, 6) is 2.49. The van der Waals surface area contributed by atoms with Gasteiger partial charge in [-0.2, -0.15) is 0 Å². The molecule has 4 heterocycles. The number of aromatic nitrogens is 3. The molecular formula is C19H20N6OS. The first-order valence-corrected chi connectivity index (χ1v) is 9.62. The molecule has 2 N–H and O–H groups in total. The van der Waals surface area contributed by atoms with Crippen molar-refractivity contribution in [1.29, 1.82) is 0 Å². The summed E-state index contributed by atoms with van der Waals surface area (Å²) in [5.41, 5.74) is 0.821. The molecule has 0 spiro atoms. The lowest BCUT2D eigenvalue weighted by Crippen LogP contribution is -2.38. The van der Waals surface area contributed by atoms with E-state index in [4.69, 9.17) is 4.42 Å². The Morgan fingerprint density at radius 3 is 2.96 bits per heavy atom. The molecule has 8 heteroatoms. The number of thiophene rings is 1. The fourth-order valence-electron chi connectivity index (χ4n) is 2.67. The van der Waals surface area contributed by atoms with E-state index in [1.165, 1.54) is 4.88 Å². The van der Waals surface area contributed by atoms with Crippen LogP contribution < -0.4 is 10.6 Å². The largest absolute Gasteiger partial charge is 0.469 e. The molecule has 4 aromatic heterocycles. The normalized spacial score (nSPS) is 11.8. The Morgan fingerprint density at radius 1 is 1.11 bits per heavy atom. The topological polar surface area (TPSA) is 79.8 Å². The lowest BCUT2D eigenvalue weighted by atomic mass is 10.3. The second-order valence-electron chi connectivity index (χ2n) is 5.90. The Labute approximate surface area is 160 Å². The predicted octanol–water partition coefficient (Wildman–Crippen LogP) is 2.86. The van der Waals surface area contributed by atoms with E-state index in [0.29, 0.717) is 6.54 Å². The molecule has 0 aliphatic heterocycles. The summed E-state index contributed by atoms with van der Waals surface area (Å²) >= 11 is 1.72. The van der Waals surface area contributed by atoms with Crippen LogP contribution in [0.15, 0.2) is 69.7 Å². The third kappa shape index (κ3) is 4.53. The Morgan fingerprint density at radius 2 is 2.11 bits per heavy atom. The molecule has 0 aliphatic carbocycles. The summed E-state index contributed by atoms with van der Waals surface area (Å²) in [6, 6.07) is 13.9. The van der Waals surface area contributed by atoms with Crippen LogP contribution in [-0.2, 0) is 19.5 Å². The number of nitrogens with one attached hydrogen (secondary N) is 2. The highest BCUT2D eigenvalue weighted by Gasteiger charge is 2.06. The molecule has 0 fully saturated rings. The highest BCUT2D eigenvalue weighted by Crippen LogP contribution is 2.08. The monoisotopic (exact) mass is 380 g/mol. The number of fused-ring (bicyclic) bond motifs is 1. The van der Waals surface area contributed by atoms with Crippen molar-refractivity contribution in [2.75, 3.05) is 6.54 Å². The number of hydrogen-bond donors (Lipinski definition) is 2. The van der Waals surface area contributed by atoms with E-state index in [1.807, 2.05) is 47.0 Å². The molecule has 0 radical (unpaired) electrons. The molecule has 7 nitrogen and oxygen atoms in total. The molecule has 138 valence electrons. The lowest BCUT2D eigenvalue weighted by molar-refractivity contribution is 0.506. The smallest absolute Gasteiger partial charge is 0.192 e. The van der Waals surface area contributed by atoms with Gasteiger partial charge in [0.05, 0.1) is 12.8 Å². The third-order valence-electron chi connectivity index (χ3n) is 4.02. The number of nitrogens with zero attached hydrogens (tertiary/aromatic N) is 4. The van der Waals surface area contributed by atoms with Crippen molar-refractivity contribution in [2.45, 2.75) is 19.5 Å². The fraction of sp³-hybridized carbons (Fsp3) is 0.211. The van der Waals surface area contributed by atoms with E-state index in [1.54, 1.807) is 17.6 Å². The van der Waals surface area contributed by atoms with Crippen molar-refractivity contribution >= 4 is 22.9 Å². The maximum atomic E-state index is 5.38. The average molecular weight is 380 g/mol. The van der Waals surface area contributed by atoms with Crippen molar-refractivity contribution in [3.05, 3.63) is 76.8 Å². The molecule has 4 aromatic rings. The van der Waals surface area contributed by atoms with Crippen LogP contribution in [0.5, 0.6) is 0 Å². The van der Waals surface area contributed by atoms with Crippen LogP contribution in [0.1, 0.15) is 16.5 Å². The maximum Gasteiger partial charge on any atom is 0.192 e. The van der Waals surface area contributed by atoms with Gasteiger partial charge in [-0.05, 0) is 35.7 Å². The Kier molecular flexibility index (Phi) is 5.44. The SMILES string of the molecule is c1coc(CCNC(=NCc2nnc3ccccn23)NCc2cccs2)c1. The van der Waals surface area contributed by atoms with Crippen LogP contribution in [-0.4, -0.2) is 27.1 Å². The van der Waals surface area contributed by atoms with Gasteiger partial charge < -0.3 is 15.1 Å². The quantitative estimate of drug-likeness (QED) is 0.381. The number of furan rings is 1. The van der Waals surface area contributed by atoms with Gasteiger partial charge in [0.2, 0.25) is 0 Å². The number of guanidine groups is 1. The van der Waals surface area contributed by atoms with Gasteiger partial charge in [-0.3, -0.25) is 4.40 Å². The van der Waals surface area contributed by atoms with E-state index in [2.05, 4.69) is 37.3 Å². The Hall–Kier alpha value is -3.13. The number of pyridine rings is 1. The highest BCUT2D eigenvalue weighted by molar-refractivity contribution is 7.09. The maximum absolute atomic E-state index is 5.38. The van der Waals surface area contributed by atoms with Gasteiger partial charge in [0.1, 0.15) is 12.3 Å². The lowest BCUT2D eigenvalue weighted by Gasteiger charge is -2.11. The highest BCUT2D eigenvalue weighted by atomic mass is 32.1. The number of hydrogen-bond acceptors (Lipinski definition) is 5. The van der Waals surface area contributed by atoms with E-state index < -0.39 is 0 Å². The molecule has 0 bridgehead atoms.